The molecule has 0 amide bonds. The van der Waals surface area contributed by atoms with Crippen LogP contribution >= 0.6 is 22.9 Å². The number of thiazole rings is 1. The second-order valence-corrected chi connectivity index (χ2v) is 7.87. The third-order valence-corrected chi connectivity index (χ3v) is 5.34. The van der Waals surface area contributed by atoms with Gasteiger partial charge in [-0.1, -0.05) is 28.9 Å². The number of rotatable bonds is 7. The predicted octanol–water partition coefficient (Wildman–Crippen LogP) is 3.76. The van der Waals surface area contributed by atoms with Crippen molar-refractivity contribution in [1.29, 1.82) is 0 Å². The standard InChI is InChI=1S/C19H23ClN6OS/c1-4-21-19(22-9-8-17-24-12(2)13(3)28-17)23-11-16-25-18(26-27-16)14-6-5-7-15(20)10-14/h5-7,10H,4,8-9,11H2,1-3H3,(H2,21,22,23). The predicted molar refractivity (Wildman–Crippen MR) is 113 cm³/mol. The molecule has 3 rings (SSSR count). The second kappa shape index (κ2) is 9.66. The van der Waals surface area contributed by atoms with Crippen LogP contribution in [-0.2, 0) is 13.0 Å². The molecule has 0 saturated carbocycles. The molecular formula is C19H23ClN6OS. The Labute approximate surface area is 173 Å². The lowest BCUT2D eigenvalue weighted by molar-refractivity contribution is 0.380. The van der Waals surface area contributed by atoms with Gasteiger partial charge in [0.25, 0.3) is 0 Å². The first-order chi connectivity index (χ1) is 13.5. The third kappa shape index (κ3) is 5.53. The summed E-state index contributed by atoms with van der Waals surface area (Å²) in [6.07, 6.45) is 0.850. The topological polar surface area (TPSA) is 88.2 Å². The molecule has 0 fully saturated rings. The van der Waals surface area contributed by atoms with E-state index in [1.54, 1.807) is 23.5 Å². The van der Waals surface area contributed by atoms with Gasteiger partial charge in [0.1, 0.15) is 6.54 Å². The lowest BCUT2D eigenvalue weighted by atomic mass is 10.2. The summed E-state index contributed by atoms with van der Waals surface area (Å²) in [5.41, 5.74) is 1.91. The second-order valence-electron chi connectivity index (χ2n) is 6.14. The lowest BCUT2D eigenvalue weighted by Crippen LogP contribution is -2.38. The minimum absolute atomic E-state index is 0.290. The number of halogens is 1. The van der Waals surface area contributed by atoms with Gasteiger partial charge in [-0.15, -0.1) is 11.3 Å². The van der Waals surface area contributed by atoms with Gasteiger partial charge >= 0.3 is 0 Å². The van der Waals surface area contributed by atoms with E-state index in [0.29, 0.717) is 29.2 Å². The van der Waals surface area contributed by atoms with Gasteiger partial charge in [0.2, 0.25) is 11.7 Å². The zero-order valence-electron chi connectivity index (χ0n) is 16.1. The molecule has 0 aliphatic rings. The largest absolute Gasteiger partial charge is 0.357 e. The normalized spacial score (nSPS) is 11.6. The van der Waals surface area contributed by atoms with Gasteiger partial charge in [-0.3, -0.25) is 0 Å². The fraction of sp³-hybridized carbons (Fsp3) is 0.368. The van der Waals surface area contributed by atoms with Crippen LogP contribution in [0.25, 0.3) is 11.4 Å². The Morgan fingerprint density at radius 1 is 1.25 bits per heavy atom. The maximum absolute atomic E-state index is 6.01. The summed E-state index contributed by atoms with van der Waals surface area (Å²) in [4.78, 5) is 14.7. The molecule has 0 aliphatic carbocycles. The molecule has 3 aromatic rings. The van der Waals surface area contributed by atoms with Crippen LogP contribution in [0, 0.1) is 13.8 Å². The first kappa shape index (κ1) is 20.3. The Kier molecular flexibility index (Phi) is 7.00. The van der Waals surface area contributed by atoms with Gasteiger partial charge < -0.3 is 15.2 Å². The lowest BCUT2D eigenvalue weighted by Gasteiger charge is -2.09. The highest BCUT2D eigenvalue weighted by molar-refractivity contribution is 7.11. The highest BCUT2D eigenvalue weighted by Gasteiger charge is 2.09. The Balaban J connectivity index is 1.58. The summed E-state index contributed by atoms with van der Waals surface area (Å²) in [7, 11) is 0. The smallest absolute Gasteiger partial charge is 0.248 e. The number of hydrogen-bond acceptors (Lipinski definition) is 6. The van der Waals surface area contributed by atoms with Gasteiger partial charge in [-0.2, -0.15) is 4.98 Å². The van der Waals surface area contributed by atoms with E-state index in [1.807, 2.05) is 26.0 Å². The van der Waals surface area contributed by atoms with E-state index in [2.05, 4.69) is 37.7 Å². The van der Waals surface area contributed by atoms with Crippen LogP contribution in [0.2, 0.25) is 5.02 Å². The number of guanidine groups is 1. The average Bonchev–Trinajstić information content (AvgIpc) is 3.26. The van der Waals surface area contributed by atoms with E-state index in [1.165, 1.54) is 4.88 Å². The van der Waals surface area contributed by atoms with E-state index in [4.69, 9.17) is 16.1 Å². The van der Waals surface area contributed by atoms with E-state index < -0.39 is 0 Å². The molecule has 7 nitrogen and oxygen atoms in total. The average molecular weight is 419 g/mol. The molecule has 0 aliphatic heterocycles. The number of aryl methyl sites for hydroxylation is 2. The van der Waals surface area contributed by atoms with Crippen molar-refractivity contribution in [1.82, 2.24) is 25.8 Å². The molecule has 2 heterocycles. The quantitative estimate of drug-likeness (QED) is 0.448. The fourth-order valence-corrected chi connectivity index (χ4v) is 3.61. The van der Waals surface area contributed by atoms with Gasteiger partial charge in [-0.05, 0) is 32.9 Å². The molecule has 0 radical (unpaired) electrons. The maximum atomic E-state index is 6.01. The first-order valence-electron chi connectivity index (χ1n) is 9.08. The van der Waals surface area contributed by atoms with Crippen LogP contribution in [0.5, 0.6) is 0 Å². The molecule has 2 aromatic heterocycles. The maximum Gasteiger partial charge on any atom is 0.248 e. The minimum atomic E-state index is 0.290. The zero-order valence-corrected chi connectivity index (χ0v) is 17.7. The van der Waals surface area contributed by atoms with Crippen molar-refractivity contribution >= 4 is 28.9 Å². The van der Waals surface area contributed by atoms with Gasteiger partial charge in [-0.25, -0.2) is 9.98 Å². The van der Waals surface area contributed by atoms with Crippen LogP contribution in [0.15, 0.2) is 33.8 Å². The van der Waals surface area contributed by atoms with Crippen molar-refractivity contribution in [3.63, 3.8) is 0 Å². The molecule has 0 bridgehead atoms. The molecule has 9 heteroatoms. The number of benzene rings is 1. The summed E-state index contributed by atoms with van der Waals surface area (Å²) in [5.74, 6) is 1.65. The van der Waals surface area contributed by atoms with Crippen molar-refractivity contribution in [2.45, 2.75) is 33.7 Å². The Morgan fingerprint density at radius 3 is 2.82 bits per heavy atom. The van der Waals surface area contributed by atoms with E-state index >= 15 is 0 Å². The molecule has 1 aromatic carbocycles. The fourth-order valence-electron chi connectivity index (χ4n) is 2.49. The van der Waals surface area contributed by atoms with Crippen molar-refractivity contribution < 1.29 is 4.52 Å². The monoisotopic (exact) mass is 418 g/mol. The summed E-state index contributed by atoms with van der Waals surface area (Å²) in [6.45, 7) is 7.95. The van der Waals surface area contributed by atoms with Crippen LogP contribution in [0.1, 0.15) is 28.4 Å². The summed E-state index contributed by atoms with van der Waals surface area (Å²) < 4.78 is 5.30. The highest BCUT2D eigenvalue weighted by atomic mass is 35.5. The van der Waals surface area contributed by atoms with Crippen molar-refractivity contribution in [3.8, 4) is 11.4 Å². The summed E-state index contributed by atoms with van der Waals surface area (Å²) in [6, 6.07) is 7.34. The number of nitrogens with zero attached hydrogens (tertiary/aromatic N) is 4. The molecule has 2 N–H and O–H groups in total. The Bertz CT molecular complexity index is 932. The van der Waals surface area contributed by atoms with Crippen LogP contribution in [0.4, 0.5) is 0 Å². The van der Waals surface area contributed by atoms with Crippen molar-refractivity contribution in [3.05, 3.63) is 50.8 Å². The molecule has 148 valence electrons. The number of hydrogen-bond donors (Lipinski definition) is 2. The highest BCUT2D eigenvalue weighted by Crippen LogP contribution is 2.20. The summed E-state index contributed by atoms with van der Waals surface area (Å²) in [5, 5.41) is 12.3. The third-order valence-electron chi connectivity index (χ3n) is 3.97. The molecule has 0 spiro atoms. The van der Waals surface area contributed by atoms with Gasteiger partial charge in [0, 0.05) is 35.0 Å². The van der Waals surface area contributed by atoms with Crippen LogP contribution < -0.4 is 10.6 Å². The zero-order chi connectivity index (χ0) is 19.9. The Hall–Kier alpha value is -2.45. The minimum Gasteiger partial charge on any atom is -0.357 e. The van der Waals surface area contributed by atoms with Crippen LogP contribution in [-0.4, -0.2) is 34.2 Å². The molecular weight excluding hydrogens is 396 g/mol. The molecule has 28 heavy (non-hydrogen) atoms. The van der Waals surface area contributed by atoms with Crippen molar-refractivity contribution in [2.75, 3.05) is 13.1 Å². The Morgan fingerprint density at radius 2 is 2.11 bits per heavy atom. The van der Waals surface area contributed by atoms with Gasteiger partial charge in [0.15, 0.2) is 5.96 Å². The molecule has 0 saturated heterocycles. The SMILES string of the molecule is CCNC(=NCc1nc(-c2cccc(Cl)c2)no1)NCCc1nc(C)c(C)s1. The number of aromatic nitrogens is 3. The number of nitrogens with one attached hydrogen (secondary N) is 2. The van der Waals surface area contributed by atoms with Crippen LogP contribution in [0.3, 0.4) is 0 Å². The molecule has 0 unspecified atom stereocenters. The van der Waals surface area contributed by atoms with E-state index in [9.17, 15) is 0 Å². The summed E-state index contributed by atoms with van der Waals surface area (Å²) >= 11 is 7.75. The number of aliphatic imine (C=N–C) groups is 1. The van der Waals surface area contributed by atoms with Gasteiger partial charge in [0.05, 0.1) is 10.7 Å². The van der Waals surface area contributed by atoms with E-state index in [-0.39, 0.29) is 0 Å². The van der Waals surface area contributed by atoms with E-state index in [0.717, 1.165) is 35.8 Å². The first-order valence-corrected chi connectivity index (χ1v) is 10.3. The molecule has 0 atom stereocenters. The van der Waals surface area contributed by atoms with Crippen molar-refractivity contribution in [2.24, 2.45) is 4.99 Å².